The normalized spacial score (nSPS) is 10.5. The summed E-state index contributed by atoms with van der Waals surface area (Å²) in [5.74, 6) is 0.205. The molecule has 3 rings (SSSR count). The summed E-state index contributed by atoms with van der Waals surface area (Å²) in [7, 11) is 0. The number of aromatic amines is 1. The summed E-state index contributed by atoms with van der Waals surface area (Å²) in [5, 5.41) is 2.88. The molecule has 0 fully saturated rings. The predicted molar refractivity (Wildman–Crippen MR) is 101 cm³/mol. The van der Waals surface area contributed by atoms with Crippen molar-refractivity contribution >= 4 is 11.6 Å². The summed E-state index contributed by atoms with van der Waals surface area (Å²) >= 11 is 0. The standard InChI is InChI=1S/C20H20N4O2/c1-3-14-7-4-5-9-17(14)23-18(25)11-16-13(2)22-19(24-20(16)26)15-8-6-10-21-12-15/h4-10,12H,3,11H2,1-2H3,(H,23,25)(H,22,24,26). The van der Waals surface area contributed by atoms with E-state index in [1.807, 2.05) is 37.3 Å². The van der Waals surface area contributed by atoms with Gasteiger partial charge in [0, 0.05) is 34.9 Å². The average Bonchev–Trinajstić information content (AvgIpc) is 2.65. The van der Waals surface area contributed by atoms with E-state index in [1.54, 1.807) is 25.4 Å². The van der Waals surface area contributed by atoms with Crippen LogP contribution in [0.15, 0.2) is 53.6 Å². The second-order valence-electron chi connectivity index (χ2n) is 5.96. The summed E-state index contributed by atoms with van der Waals surface area (Å²) in [6.45, 7) is 3.76. The first-order valence-corrected chi connectivity index (χ1v) is 8.46. The first-order chi connectivity index (χ1) is 12.6. The molecule has 2 N–H and O–H groups in total. The topological polar surface area (TPSA) is 87.7 Å². The maximum atomic E-state index is 12.4. The van der Waals surface area contributed by atoms with Crippen LogP contribution in [-0.4, -0.2) is 20.9 Å². The van der Waals surface area contributed by atoms with Gasteiger partial charge in [0.25, 0.3) is 5.56 Å². The summed E-state index contributed by atoms with van der Waals surface area (Å²) in [6, 6.07) is 11.2. The van der Waals surface area contributed by atoms with Crippen LogP contribution < -0.4 is 10.9 Å². The van der Waals surface area contributed by atoms with Crippen molar-refractivity contribution in [3.8, 4) is 11.4 Å². The molecule has 1 amide bonds. The van der Waals surface area contributed by atoms with Crippen molar-refractivity contribution in [3.63, 3.8) is 0 Å². The molecule has 0 bridgehead atoms. The molecule has 0 aliphatic heterocycles. The van der Waals surface area contributed by atoms with Gasteiger partial charge in [-0.25, -0.2) is 4.98 Å². The lowest BCUT2D eigenvalue weighted by atomic mass is 10.1. The molecule has 6 nitrogen and oxygen atoms in total. The Hall–Kier alpha value is -3.28. The van der Waals surface area contributed by atoms with Crippen LogP contribution in [0.1, 0.15) is 23.7 Å². The quantitative estimate of drug-likeness (QED) is 0.742. The lowest BCUT2D eigenvalue weighted by Crippen LogP contribution is -2.24. The van der Waals surface area contributed by atoms with Gasteiger partial charge in [0.2, 0.25) is 5.91 Å². The number of aromatic nitrogens is 3. The molecule has 3 aromatic rings. The van der Waals surface area contributed by atoms with E-state index < -0.39 is 0 Å². The van der Waals surface area contributed by atoms with Gasteiger partial charge < -0.3 is 10.3 Å². The summed E-state index contributed by atoms with van der Waals surface area (Å²) in [6.07, 6.45) is 4.07. The molecule has 1 aromatic carbocycles. The number of para-hydroxylation sites is 1. The van der Waals surface area contributed by atoms with Crippen LogP contribution in [0.3, 0.4) is 0 Å². The molecule has 0 aliphatic rings. The number of benzene rings is 1. The van der Waals surface area contributed by atoms with Crippen LogP contribution >= 0.6 is 0 Å². The fourth-order valence-electron chi connectivity index (χ4n) is 2.76. The fourth-order valence-corrected chi connectivity index (χ4v) is 2.76. The van der Waals surface area contributed by atoms with Gasteiger partial charge in [-0.1, -0.05) is 25.1 Å². The predicted octanol–water partition coefficient (Wildman–Crippen LogP) is 2.88. The van der Waals surface area contributed by atoms with Crippen LogP contribution in [0.2, 0.25) is 0 Å². The van der Waals surface area contributed by atoms with Crippen LogP contribution in [0, 0.1) is 6.92 Å². The number of nitrogens with zero attached hydrogens (tertiary/aromatic N) is 2. The first kappa shape index (κ1) is 17.5. The Labute approximate surface area is 151 Å². The number of H-pyrrole nitrogens is 1. The molecule has 0 radical (unpaired) electrons. The van der Waals surface area contributed by atoms with E-state index in [1.165, 1.54) is 0 Å². The van der Waals surface area contributed by atoms with Gasteiger partial charge in [0.1, 0.15) is 5.82 Å². The molecule has 0 spiro atoms. The van der Waals surface area contributed by atoms with Crippen molar-refractivity contribution < 1.29 is 4.79 Å². The minimum atomic E-state index is -0.310. The van der Waals surface area contributed by atoms with E-state index in [9.17, 15) is 9.59 Å². The van der Waals surface area contributed by atoms with Gasteiger partial charge in [-0.2, -0.15) is 0 Å². The van der Waals surface area contributed by atoms with Crippen molar-refractivity contribution in [2.45, 2.75) is 26.7 Å². The molecule has 2 aromatic heterocycles. The Bertz CT molecular complexity index is 981. The number of nitrogens with one attached hydrogen (secondary N) is 2. The SMILES string of the molecule is CCc1ccccc1NC(=O)Cc1c(C)nc(-c2cccnc2)[nH]c1=O. The molecule has 0 unspecified atom stereocenters. The summed E-state index contributed by atoms with van der Waals surface area (Å²) in [5.41, 5.74) is 3.14. The monoisotopic (exact) mass is 348 g/mol. The third-order valence-corrected chi connectivity index (χ3v) is 4.17. The van der Waals surface area contributed by atoms with E-state index >= 15 is 0 Å². The molecule has 132 valence electrons. The van der Waals surface area contributed by atoms with Gasteiger partial charge in [0.15, 0.2) is 0 Å². The Balaban J connectivity index is 1.82. The number of carbonyl (C=O) groups excluding carboxylic acids is 1. The highest BCUT2D eigenvalue weighted by Crippen LogP contribution is 2.16. The molecule has 0 atom stereocenters. The van der Waals surface area contributed by atoms with E-state index in [0.29, 0.717) is 17.1 Å². The van der Waals surface area contributed by atoms with Crippen LogP contribution in [0.5, 0.6) is 0 Å². The number of pyridine rings is 1. The Morgan fingerprint density at radius 2 is 2.00 bits per heavy atom. The number of aryl methyl sites for hydroxylation is 2. The van der Waals surface area contributed by atoms with Gasteiger partial charge in [-0.3, -0.25) is 14.6 Å². The van der Waals surface area contributed by atoms with Crippen LogP contribution in [0.25, 0.3) is 11.4 Å². The smallest absolute Gasteiger partial charge is 0.255 e. The van der Waals surface area contributed by atoms with E-state index in [4.69, 9.17) is 0 Å². The fraction of sp³-hybridized carbons (Fsp3) is 0.200. The largest absolute Gasteiger partial charge is 0.326 e. The number of hydrogen-bond donors (Lipinski definition) is 2. The maximum Gasteiger partial charge on any atom is 0.255 e. The van der Waals surface area contributed by atoms with Gasteiger partial charge in [-0.05, 0) is 37.1 Å². The minimum Gasteiger partial charge on any atom is -0.326 e. The second kappa shape index (κ2) is 7.74. The number of carbonyl (C=O) groups is 1. The summed E-state index contributed by atoms with van der Waals surface area (Å²) < 4.78 is 0. The molecule has 0 saturated heterocycles. The van der Waals surface area contributed by atoms with Crippen LogP contribution in [-0.2, 0) is 17.6 Å². The van der Waals surface area contributed by atoms with Gasteiger partial charge in [-0.15, -0.1) is 0 Å². The second-order valence-corrected chi connectivity index (χ2v) is 5.96. The molecule has 0 saturated carbocycles. The molecule has 6 heteroatoms. The molecular weight excluding hydrogens is 328 g/mol. The molecule has 26 heavy (non-hydrogen) atoms. The zero-order chi connectivity index (χ0) is 18.5. The van der Waals surface area contributed by atoms with Gasteiger partial charge in [0.05, 0.1) is 6.42 Å². The summed E-state index contributed by atoms with van der Waals surface area (Å²) in [4.78, 5) is 36.0. The highest BCUT2D eigenvalue weighted by atomic mass is 16.2. The van der Waals surface area contributed by atoms with Gasteiger partial charge >= 0.3 is 0 Å². The number of anilines is 1. The highest BCUT2D eigenvalue weighted by molar-refractivity contribution is 5.93. The molecular formula is C20H20N4O2. The molecule has 2 heterocycles. The third-order valence-electron chi connectivity index (χ3n) is 4.17. The average molecular weight is 348 g/mol. The Morgan fingerprint density at radius 1 is 1.19 bits per heavy atom. The highest BCUT2D eigenvalue weighted by Gasteiger charge is 2.14. The van der Waals surface area contributed by atoms with Crippen molar-refractivity contribution in [2.24, 2.45) is 0 Å². The van der Waals surface area contributed by atoms with E-state index in [-0.39, 0.29) is 17.9 Å². The third kappa shape index (κ3) is 3.85. The maximum absolute atomic E-state index is 12.4. The van der Waals surface area contributed by atoms with Crippen molar-refractivity contribution in [3.05, 3.63) is 76.0 Å². The van der Waals surface area contributed by atoms with E-state index in [0.717, 1.165) is 23.2 Å². The van der Waals surface area contributed by atoms with Crippen molar-refractivity contribution in [2.75, 3.05) is 5.32 Å². The molecule has 0 aliphatic carbocycles. The Kier molecular flexibility index (Phi) is 5.22. The van der Waals surface area contributed by atoms with Crippen LogP contribution in [0.4, 0.5) is 5.69 Å². The Morgan fingerprint density at radius 3 is 2.69 bits per heavy atom. The number of amides is 1. The van der Waals surface area contributed by atoms with Crippen molar-refractivity contribution in [1.82, 2.24) is 15.0 Å². The lowest BCUT2D eigenvalue weighted by molar-refractivity contribution is -0.115. The van der Waals surface area contributed by atoms with Crippen molar-refractivity contribution in [1.29, 1.82) is 0 Å². The lowest BCUT2D eigenvalue weighted by Gasteiger charge is -2.11. The number of hydrogen-bond acceptors (Lipinski definition) is 4. The first-order valence-electron chi connectivity index (χ1n) is 8.46. The zero-order valence-electron chi connectivity index (χ0n) is 14.7. The van der Waals surface area contributed by atoms with E-state index in [2.05, 4.69) is 20.3 Å². The zero-order valence-corrected chi connectivity index (χ0v) is 14.7. The minimum absolute atomic E-state index is 0.0282. The number of rotatable bonds is 5.